The first-order valence-corrected chi connectivity index (χ1v) is 3.58. The van der Waals surface area contributed by atoms with E-state index >= 15 is 0 Å². The van der Waals surface area contributed by atoms with Gasteiger partial charge < -0.3 is 0 Å². The third-order valence-electron chi connectivity index (χ3n) is 1.40. The minimum Gasteiger partial charge on any atom is -0.174 e. The summed E-state index contributed by atoms with van der Waals surface area (Å²) < 4.78 is 0. The molecule has 0 nitrogen and oxygen atoms in total. The molecule has 0 radical (unpaired) electrons. The van der Waals surface area contributed by atoms with E-state index in [4.69, 9.17) is 11.6 Å². The van der Waals surface area contributed by atoms with Crippen LogP contribution in [0.3, 0.4) is 0 Å². The van der Waals surface area contributed by atoms with Crippen molar-refractivity contribution in [1.29, 1.82) is 0 Å². The molecule has 0 saturated heterocycles. The molecule has 0 aliphatic heterocycles. The third kappa shape index (κ3) is 1.26. The Balaban J connectivity index is 2.33. The van der Waals surface area contributed by atoms with Crippen LogP contribution in [0.5, 0.6) is 0 Å². The van der Waals surface area contributed by atoms with E-state index in [2.05, 4.69) is 12.6 Å². The average Bonchev–Trinajstić information content (AvgIpc) is 1.91. The fraction of sp³-hybridized carbons (Fsp3) is 1.00. The van der Waals surface area contributed by atoms with E-state index < -0.39 is 0 Å². The van der Waals surface area contributed by atoms with Crippen LogP contribution in [-0.2, 0) is 0 Å². The molecular weight excluding hydrogens is 128 g/mol. The van der Waals surface area contributed by atoms with Crippen molar-refractivity contribution in [3.63, 3.8) is 0 Å². The van der Waals surface area contributed by atoms with Crippen LogP contribution in [0.2, 0.25) is 0 Å². The van der Waals surface area contributed by atoms with Gasteiger partial charge in [0.15, 0.2) is 0 Å². The van der Waals surface area contributed by atoms with Gasteiger partial charge in [-0.15, -0.1) is 11.6 Å². The predicted molar refractivity (Wildman–Crippen MR) is 36.3 cm³/mol. The number of alkyl halides is 1. The van der Waals surface area contributed by atoms with Gasteiger partial charge in [0.25, 0.3) is 0 Å². The molecule has 1 fully saturated rings. The first-order chi connectivity index (χ1) is 3.30. The summed E-state index contributed by atoms with van der Waals surface area (Å²) in [6.07, 6.45) is 3.63. The Morgan fingerprint density at radius 3 is 2.29 bits per heavy atom. The number of hydrogen-bond donors (Lipinski definition) is 1. The van der Waals surface area contributed by atoms with Crippen molar-refractivity contribution >= 4 is 24.2 Å². The smallest absolute Gasteiger partial charge is 0.0452 e. The molecule has 1 rings (SSSR count). The second-order valence-corrected chi connectivity index (χ2v) is 3.24. The molecule has 0 aromatic carbocycles. The van der Waals surface area contributed by atoms with Crippen LogP contribution in [-0.4, -0.2) is 10.6 Å². The standard InChI is InChI=1S/C5H9ClS/c6-4-2-1-3-5(4)7/h4-5,7H,1-3H2/t4-,5+/m1/s1. The van der Waals surface area contributed by atoms with Crippen molar-refractivity contribution in [3.05, 3.63) is 0 Å². The summed E-state index contributed by atoms with van der Waals surface area (Å²) in [6, 6.07) is 0. The van der Waals surface area contributed by atoms with E-state index in [9.17, 15) is 0 Å². The highest BCUT2D eigenvalue weighted by atomic mass is 35.5. The van der Waals surface area contributed by atoms with Crippen LogP contribution in [0.4, 0.5) is 0 Å². The predicted octanol–water partition coefficient (Wildman–Crippen LogP) is 2.08. The zero-order valence-corrected chi connectivity index (χ0v) is 5.75. The van der Waals surface area contributed by atoms with Gasteiger partial charge in [-0.25, -0.2) is 0 Å². The zero-order valence-electron chi connectivity index (χ0n) is 4.10. The molecule has 1 saturated carbocycles. The summed E-state index contributed by atoms with van der Waals surface area (Å²) in [5.41, 5.74) is 0. The number of hydrogen-bond acceptors (Lipinski definition) is 1. The van der Waals surface area contributed by atoms with Gasteiger partial charge in [-0.1, -0.05) is 6.42 Å². The fourth-order valence-corrected chi connectivity index (χ4v) is 1.51. The molecule has 2 heteroatoms. The molecule has 1 aliphatic rings. The quantitative estimate of drug-likeness (QED) is 0.383. The normalized spacial score (nSPS) is 42.0. The maximum Gasteiger partial charge on any atom is 0.0452 e. The zero-order chi connectivity index (χ0) is 5.28. The van der Waals surface area contributed by atoms with Gasteiger partial charge in [-0.3, -0.25) is 0 Å². The van der Waals surface area contributed by atoms with Crippen molar-refractivity contribution in [1.82, 2.24) is 0 Å². The van der Waals surface area contributed by atoms with Crippen LogP contribution < -0.4 is 0 Å². The molecule has 0 N–H and O–H groups in total. The monoisotopic (exact) mass is 136 g/mol. The molecule has 0 aromatic heterocycles. The van der Waals surface area contributed by atoms with Crippen LogP contribution in [0.1, 0.15) is 19.3 Å². The van der Waals surface area contributed by atoms with Gasteiger partial charge in [0.05, 0.1) is 0 Å². The number of thiol groups is 1. The SMILES string of the molecule is S[C@H]1CCC[C@H]1Cl. The van der Waals surface area contributed by atoms with Crippen molar-refractivity contribution in [3.8, 4) is 0 Å². The van der Waals surface area contributed by atoms with Crippen molar-refractivity contribution < 1.29 is 0 Å². The Kier molecular flexibility index (Phi) is 1.87. The molecule has 1 aliphatic carbocycles. The van der Waals surface area contributed by atoms with E-state index in [0.717, 1.165) is 6.42 Å². The largest absolute Gasteiger partial charge is 0.174 e. The minimum atomic E-state index is 0.350. The van der Waals surface area contributed by atoms with E-state index in [1.54, 1.807) is 0 Å². The van der Waals surface area contributed by atoms with Crippen LogP contribution in [0.25, 0.3) is 0 Å². The minimum absolute atomic E-state index is 0.350. The molecule has 0 bridgehead atoms. The first kappa shape index (κ1) is 5.77. The Morgan fingerprint density at radius 2 is 2.14 bits per heavy atom. The van der Waals surface area contributed by atoms with Crippen molar-refractivity contribution in [2.24, 2.45) is 0 Å². The van der Waals surface area contributed by atoms with Crippen molar-refractivity contribution in [2.75, 3.05) is 0 Å². The van der Waals surface area contributed by atoms with E-state index in [1.165, 1.54) is 12.8 Å². The summed E-state index contributed by atoms with van der Waals surface area (Å²) in [5, 5.41) is 0.824. The van der Waals surface area contributed by atoms with Crippen LogP contribution in [0.15, 0.2) is 0 Å². The van der Waals surface area contributed by atoms with Gasteiger partial charge in [0.2, 0.25) is 0 Å². The van der Waals surface area contributed by atoms with Gasteiger partial charge in [-0.2, -0.15) is 12.6 Å². The molecule has 0 amide bonds. The fourth-order valence-electron chi connectivity index (χ4n) is 0.895. The van der Waals surface area contributed by atoms with Crippen LogP contribution >= 0.6 is 24.2 Å². The molecule has 0 heterocycles. The topological polar surface area (TPSA) is 0 Å². The second-order valence-electron chi connectivity index (χ2n) is 2.01. The molecule has 2 atom stereocenters. The van der Waals surface area contributed by atoms with Gasteiger partial charge in [0.1, 0.15) is 0 Å². The summed E-state index contributed by atoms with van der Waals surface area (Å²) >= 11 is 10.0. The number of rotatable bonds is 0. The summed E-state index contributed by atoms with van der Waals surface area (Å²) in [7, 11) is 0. The maximum atomic E-state index is 5.79. The highest BCUT2D eigenvalue weighted by Gasteiger charge is 2.20. The summed E-state index contributed by atoms with van der Waals surface area (Å²) in [6.45, 7) is 0. The first-order valence-electron chi connectivity index (χ1n) is 2.63. The van der Waals surface area contributed by atoms with E-state index in [0.29, 0.717) is 10.6 Å². The molecule has 7 heavy (non-hydrogen) atoms. The van der Waals surface area contributed by atoms with Gasteiger partial charge in [-0.05, 0) is 12.8 Å². The molecule has 0 unspecified atom stereocenters. The Hall–Kier alpha value is 0.640. The van der Waals surface area contributed by atoms with E-state index in [1.807, 2.05) is 0 Å². The Labute approximate surface area is 54.7 Å². The third-order valence-corrected chi connectivity index (χ3v) is 2.71. The lowest BCUT2D eigenvalue weighted by Crippen LogP contribution is -2.03. The average molecular weight is 137 g/mol. The van der Waals surface area contributed by atoms with E-state index in [-0.39, 0.29) is 0 Å². The van der Waals surface area contributed by atoms with Crippen molar-refractivity contribution in [2.45, 2.75) is 29.9 Å². The van der Waals surface area contributed by atoms with Gasteiger partial charge >= 0.3 is 0 Å². The lowest BCUT2D eigenvalue weighted by molar-refractivity contribution is 0.889. The summed E-state index contributed by atoms with van der Waals surface area (Å²) in [4.78, 5) is 0. The molecule has 0 spiro atoms. The maximum absolute atomic E-state index is 5.79. The Morgan fingerprint density at radius 1 is 1.43 bits per heavy atom. The molecule has 0 aromatic rings. The molecule has 42 valence electrons. The molecular formula is C5H9ClS. The van der Waals surface area contributed by atoms with Gasteiger partial charge in [0, 0.05) is 10.6 Å². The second kappa shape index (κ2) is 2.27. The lowest BCUT2D eigenvalue weighted by Gasteiger charge is -2.01. The lowest BCUT2D eigenvalue weighted by atomic mass is 10.4. The van der Waals surface area contributed by atoms with Crippen LogP contribution in [0, 0.1) is 0 Å². The Bertz CT molecular complexity index is 57.1. The highest BCUT2D eigenvalue weighted by Crippen LogP contribution is 2.27. The summed E-state index contributed by atoms with van der Waals surface area (Å²) in [5.74, 6) is 0. The number of halogens is 1. The highest BCUT2D eigenvalue weighted by molar-refractivity contribution is 7.81.